The van der Waals surface area contributed by atoms with E-state index in [-0.39, 0.29) is 0 Å². The van der Waals surface area contributed by atoms with E-state index in [2.05, 4.69) is 32.7 Å². The molecule has 0 atom stereocenters. The molecule has 0 unspecified atom stereocenters. The van der Waals surface area contributed by atoms with Crippen LogP contribution in [0.2, 0.25) is 5.02 Å². The second-order valence-corrected chi connectivity index (χ2v) is 8.28. The van der Waals surface area contributed by atoms with Crippen molar-refractivity contribution in [3.63, 3.8) is 0 Å². The SMILES string of the molecule is CCCn1c(SCCCSc2ccccc2Cl)nnc1-c1ccncc1. The van der Waals surface area contributed by atoms with Crippen molar-refractivity contribution in [2.24, 2.45) is 0 Å². The van der Waals surface area contributed by atoms with Gasteiger partial charge in [-0.1, -0.05) is 42.4 Å². The highest BCUT2D eigenvalue weighted by Gasteiger charge is 2.13. The molecule has 3 aromatic rings. The van der Waals surface area contributed by atoms with Crippen LogP contribution in [0.5, 0.6) is 0 Å². The fourth-order valence-corrected chi connectivity index (χ4v) is 4.78. The third-order valence-electron chi connectivity index (χ3n) is 3.72. The van der Waals surface area contributed by atoms with Crippen molar-refractivity contribution in [1.29, 1.82) is 0 Å². The Hall–Kier alpha value is -1.50. The van der Waals surface area contributed by atoms with Crippen LogP contribution in [-0.2, 0) is 6.54 Å². The summed E-state index contributed by atoms with van der Waals surface area (Å²) >= 11 is 9.77. The lowest BCUT2D eigenvalue weighted by Crippen LogP contribution is -2.02. The second-order valence-electron chi connectivity index (χ2n) is 5.67. The predicted molar refractivity (Wildman–Crippen MR) is 111 cm³/mol. The molecule has 0 amide bonds. The highest BCUT2D eigenvalue weighted by molar-refractivity contribution is 8.00. The summed E-state index contributed by atoms with van der Waals surface area (Å²) < 4.78 is 2.21. The van der Waals surface area contributed by atoms with Gasteiger partial charge in [-0.3, -0.25) is 4.98 Å². The molecule has 26 heavy (non-hydrogen) atoms. The maximum atomic E-state index is 6.20. The lowest BCUT2D eigenvalue weighted by Gasteiger charge is -2.09. The van der Waals surface area contributed by atoms with E-state index in [0.717, 1.165) is 57.4 Å². The van der Waals surface area contributed by atoms with E-state index in [1.165, 1.54) is 0 Å². The van der Waals surface area contributed by atoms with Crippen molar-refractivity contribution in [3.05, 3.63) is 53.8 Å². The van der Waals surface area contributed by atoms with E-state index in [0.29, 0.717) is 0 Å². The Morgan fingerprint density at radius 1 is 1.00 bits per heavy atom. The first-order valence-electron chi connectivity index (χ1n) is 8.63. The first-order chi connectivity index (χ1) is 12.8. The van der Waals surface area contributed by atoms with E-state index < -0.39 is 0 Å². The zero-order valence-corrected chi connectivity index (χ0v) is 17.0. The van der Waals surface area contributed by atoms with E-state index in [4.69, 9.17) is 11.6 Å². The quantitative estimate of drug-likeness (QED) is 0.339. The highest BCUT2D eigenvalue weighted by Crippen LogP contribution is 2.28. The van der Waals surface area contributed by atoms with E-state index in [1.54, 1.807) is 35.9 Å². The van der Waals surface area contributed by atoms with Gasteiger partial charge in [0, 0.05) is 35.2 Å². The molecule has 1 aromatic carbocycles. The maximum Gasteiger partial charge on any atom is 0.191 e. The normalized spacial score (nSPS) is 11.0. The summed E-state index contributed by atoms with van der Waals surface area (Å²) in [6, 6.07) is 11.9. The van der Waals surface area contributed by atoms with Crippen molar-refractivity contribution < 1.29 is 0 Å². The summed E-state index contributed by atoms with van der Waals surface area (Å²) in [4.78, 5) is 5.23. The fourth-order valence-electron chi connectivity index (χ4n) is 2.50. The van der Waals surface area contributed by atoms with Crippen LogP contribution in [0.15, 0.2) is 58.8 Å². The zero-order chi connectivity index (χ0) is 18.2. The Labute approximate surface area is 167 Å². The molecule has 0 aliphatic carbocycles. The molecule has 0 bridgehead atoms. The van der Waals surface area contributed by atoms with Crippen molar-refractivity contribution in [1.82, 2.24) is 19.7 Å². The Morgan fingerprint density at radius 2 is 1.77 bits per heavy atom. The summed E-state index contributed by atoms with van der Waals surface area (Å²) in [6.07, 6.45) is 5.72. The molecule has 0 radical (unpaired) electrons. The number of thioether (sulfide) groups is 2. The van der Waals surface area contributed by atoms with Gasteiger partial charge in [0.1, 0.15) is 0 Å². The number of benzene rings is 1. The molecular formula is C19H21ClN4S2. The third-order valence-corrected chi connectivity index (χ3v) is 6.37. The largest absolute Gasteiger partial charge is 0.302 e. The molecule has 0 aliphatic heterocycles. The third kappa shape index (κ3) is 5.02. The van der Waals surface area contributed by atoms with Crippen LogP contribution in [0.25, 0.3) is 11.4 Å². The molecule has 3 rings (SSSR count). The lowest BCUT2D eigenvalue weighted by molar-refractivity contribution is 0.626. The molecule has 0 aliphatic rings. The van der Waals surface area contributed by atoms with E-state index >= 15 is 0 Å². The molecule has 0 saturated heterocycles. The minimum absolute atomic E-state index is 0.829. The van der Waals surface area contributed by atoms with Crippen LogP contribution in [0.3, 0.4) is 0 Å². The smallest absolute Gasteiger partial charge is 0.191 e. The molecule has 0 spiro atoms. The van der Waals surface area contributed by atoms with Gasteiger partial charge in [-0.05, 0) is 42.9 Å². The van der Waals surface area contributed by atoms with Crippen molar-refractivity contribution >= 4 is 35.1 Å². The molecular weight excluding hydrogens is 384 g/mol. The van der Waals surface area contributed by atoms with Gasteiger partial charge < -0.3 is 4.57 Å². The number of rotatable bonds is 9. The number of hydrogen-bond acceptors (Lipinski definition) is 5. The lowest BCUT2D eigenvalue weighted by atomic mass is 10.2. The monoisotopic (exact) mass is 404 g/mol. The summed E-state index contributed by atoms with van der Waals surface area (Å²) in [5.41, 5.74) is 1.06. The molecule has 136 valence electrons. The van der Waals surface area contributed by atoms with Gasteiger partial charge in [-0.2, -0.15) is 0 Å². The number of pyridine rings is 1. The molecule has 0 fully saturated rings. The highest BCUT2D eigenvalue weighted by atomic mass is 35.5. The Balaban J connectivity index is 1.56. The minimum atomic E-state index is 0.829. The molecule has 2 heterocycles. The predicted octanol–water partition coefficient (Wildman–Crippen LogP) is 5.68. The second kappa shape index (κ2) is 10.00. The van der Waals surface area contributed by atoms with Crippen molar-refractivity contribution in [3.8, 4) is 11.4 Å². The zero-order valence-electron chi connectivity index (χ0n) is 14.6. The summed E-state index contributed by atoms with van der Waals surface area (Å²) in [7, 11) is 0. The van der Waals surface area contributed by atoms with Gasteiger partial charge in [0.15, 0.2) is 11.0 Å². The van der Waals surface area contributed by atoms with Crippen LogP contribution in [0.1, 0.15) is 19.8 Å². The minimum Gasteiger partial charge on any atom is -0.302 e. The molecule has 7 heteroatoms. The van der Waals surface area contributed by atoms with Crippen molar-refractivity contribution in [2.45, 2.75) is 36.4 Å². The first kappa shape index (κ1) is 19.3. The van der Waals surface area contributed by atoms with Crippen LogP contribution in [0, 0.1) is 0 Å². The van der Waals surface area contributed by atoms with Crippen LogP contribution in [-0.4, -0.2) is 31.3 Å². The number of nitrogens with zero attached hydrogens (tertiary/aromatic N) is 4. The van der Waals surface area contributed by atoms with Gasteiger partial charge in [0.25, 0.3) is 0 Å². The standard InChI is InChI=1S/C19H21ClN4S2/c1-2-12-24-18(15-8-10-21-11-9-15)22-23-19(24)26-14-5-13-25-17-7-4-3-6-16(17)20/h3-4,6-11H,2,5,12-14H2,1H3. The first-order valence-corrected chi connectivity index (χ1v) is 11.0. The van der Waals surface area contributed by atoms with Gasteiger partial charge in [0.2, 0.25) is 0 Å². The molecule has 0 N–H and O–H groups in total. The fraction of sp³-hybridized carbons (Fsp3) is 0.316. The van der Waals surface area contributed by atoms with Crippen molar-refractivity contribution in [2.75, 3.05) is 11.5 Å². The van der Waals surface area contributed by atoms with Crippen LogP contribution in [0.4, 0.5) is 0 Å². The molecule has 2 aromatic heterocycles. The van der Waals surface area contributed by atoms with Gasteiger partial charge in [0.05, 0.1) is 5.02 Å². The number of aromatic nitrogens is 4. The Morgan fingerprint density at radius 3 is 2.54 bits per heavy atom. The van der Waals surface area contributed by atoms with Crippen LogP contribution >= 0.6 is 35.1 Å². The van der Waals surface area contributed by atoms with Crippen LogP contribution < -0.4 is 0 Å². The number of halogens is 1. The summed E-state index contributed by atoms with van der Waals surface area (Å²) in [5.74, 6) is 2.97. The molecule has 4 nitrogen and oxygen atoms in total. The van der Waals surface area contributed by atoms with E-state index in [1.807, 2.05) is 30.3 Å². The summed E-state index contributed by atoms with van der Waals surface area (Å²) in [5, 5.41) is 10.6. The van der Waals surface area contributed by atoms with Gasteiger partial charge in [-0.25, -0.2) is 0 Å². The summed E-state index contributed by atoms with van der Waals surface area (Å²) in [6.45, 7) is 3.09. The Kier molecular flexibility index (Phi) is 7.41. The number of hydrogen-bond donors (Lipinski definition) is 0. The molecule has 0 saturated carbocycles. The topological polar surface area (TPSA) is 43.6 Å². The average molecular weight is 405 g/mol. The van der Waals surface area contributed by atoms with Gasteiger partial charge >= 0.3 is 0 Å². The van der Waals surface area contributed by atoms with E-state index in [9.17, 15) is 0 Å². The van der Waals surface area contributed by atoms with Gasteiger partial charge in [-0.15, -0.1) is 22.0 Å². The average Bonchev–Trinajstić information content (AvgIpc) is 3.07. The Bertz CT molecular complexity index is 823. The maximum absolute atomic E-state index is 6.20.